The van der Waals surface area contributed by atoms with Crippen molar-refractivity contribution in [1.29, 1.82) is 0 Å². The fourth-order valence-corrected chi connectivity index (χ4v) is 2.70. The van der Waals surface area contributed by atoms with Crippen LogP contribution >= 0.6 is 0 Å². The van der Waals surface area contributed by atoms with E-state index in [9.17, 15) is 9.59 Å². The van der Waals surface area contributed by atoms with Crippen molar-refractivity contribution in [2.75, 3.05) is 20.3 Å². The Kier molecular flexibility index (Phi) is 5.99. The van der Waals surface area contributed by atoms with Crippen LogP contribution in [0.1, 0.15) is 13.8 Å². The Labute approximate surface area is 162 Å². The summed E-state index contributed by atoms with van der Waals surface area (Å²) >= 11 is 0. The molecule has 0 aliphatic rings. The number of hydrogen-bond donors (Lipinski definition) is 0. The number of carbonyl (C=O) groups excluding carboxylic acids is 1. The van der Waals surface area contributed by atoms with Crippen molar-refractivity contribution in [3.63, 3.8) is 0 Å². The third-order valence-corrected chi connectivity index (χ3v) is 4.08. The third-order valence-electron chi connectivity index (χ3n) is 4.08. The van der Waals surface area contributed by atoms with Crippen molar-refractivity contribution >= 4 is 16.9 Å². The van der Waals surface area contributed by atoms with Crippen LogP contribution in [0.2, 0.25) is 0 Å². The summed E-state index contributed by atoms with van der Waals surface area (Å²) in [5, 5.41) is 0.415. The van der Waals surface area contributed by atoms with Gasteiger partial charge in [0, 0.05) is 11.6 Å². The van der Waals surface area contributed by atoms with Gasteiger partial charge in [0.1, 0.15) is 23.3 Å². The van der Waals surface area contributed by atoms with Crippen molar-refractivity contribution < 1.29 is 23.4 Å². The van der Waals surface area contributed by atoms with Gasteiger partial charge in [0.15, 0.2) is 6.61 Å². The lowest BCUT2D eigenvalue weighted by Crippen LogP contribution is -2.17. The molecule has 0 atom stereocenters. The number of hydrogen-bond acceptors (Lipinski definition) is 6. The van der Waals surface area contributed by atoms with Gasteiger partial charge in [-0.05, 0) is 24.1 Å². The number of rotatable bonds is 7. The van der Waals surface area contributed by atoms with Crippen LogP contribution in [0.5, 0.6) is 11.5 Å². The van der Waals surface area contributed by atoms with Crippen LogP contribution in [0.3, 0.4) is 0 Å². The quantitative estimate of drug-likeness (QED) is 0.574. The summed E-state index contributed by atoms with van der Waals surface area (Å²) in [6, 6.07) is 12.1. The molecule has 3 aromatic rings. The molecule has 6 nitrogen and oxygen atoms in total. The number of benzene rings is 2. The van der Waals surface area contributed by atoms with Crippen LogP contribution in [0.25, 0.3) is 22.1 Å². The van der Waals surface area contributed by atoms with Crippen molar-refractivity contribution in [3.8, 4) is 22.6 Å². The summed E-state index contributed by atoms with van der Waals surface area (Å²) in [7, 11) is 1.55. The van der Waals surface area contributed by atoms with Crippen molar-refractivity contribution in [3.05, 3.63) is 59.0 Å². The molecule has 0 radical (unpaired) electrons. The molecule has 0 saturated carbocycles. The molecule has 0 unspecified atom stereocenters. The number of esters is 1. The molecule has 0 bridgehead atoms. The number of fused-ring (bicyclic) bond motifs is 1. The normalized spacial score (nSPS) is 10.9. The maximum atomic E-state index is 12.9. The first-order valence-corrected chi connectivity index (χ1v) is 8.97. The molecular weight excluding hydrogens is 360 g/mol. The van der Waals surface area contributed by atoms with Gasteiger partial charge in [-0.2, -0.15) is 0 Å². The van der Waals surface area contributed by atoms with Crippen LogP contribution in [-0.4, -0.2) is 26.3 Å². The van der Waals surface area contributed by atoms with Gasteiger partial charge in [-0.15, -0.1) is 0 Å². The summed E-state index contributed by atoms with van der Waals surface area (Å²) < 4.78 is 21.5. The zero-order valence-corrected chi connectivity index (χ0v) is 16.1. The molecule has 0 spiro atoms. The maximum Gasteiger partial charge on any atom is 0.344 e. The Morgan fingerprint density at radius 1 is 1.11 bits per heavy atom. The Morgan fingerprint density at radius 3 is 2.64 bits per heavy atom. The molecule has 3 rings (SSSR count). The van der Waals surface area contributed by atoms with Crippen LogP contribution in [0.4, 0.5) is 0 Å². The van der Waals surface area contributed by atoms with Crippen LogP contribution in [0.15, 0.2) is 57.9 Å². The van der Waals surface area contributed by atoms with Gasteiger partial charge in [0.05, 0.1) is 24.7 Å². The topological polar surface area (TPSA) is 75.0 Å². The van der Waals surface area contributed by atoms with E-state index in [0.717, 1.165) is 0 Å². The third kappa shape index (κ3) is 4.34. The summed E-state index contributed by atoms with van der Waals surface area (Å²) in [5.74, 6) is 0.828. The highest BCUT2D eigenvalue weighted by Gasteiger charge is 2.14. The van der Waals surface area contributed by atoms with Gasteiger partial charge < -0.3 is 18.6 Å². The first-order chi connectivity index (χ1) is 13.5. The second-order valence-corrected chi connectivity index (χ2v) is 6.70. The zero-order chi connectivity index (χ0) is 20.1. The van der Waals surface area contributed by atoms with Crippen LogP contribution in [-0.2, 0) is 9.53 Å². The molecule has 28 heavy (non-hydrogen) atoms. The molecule has 0 N–H and O–H groups in total. The monoisotopic (exact) mass is 382 g/mol. The standard InChI is InChI=1S/C22H22O6/c1-14(2)11-28-21(23)13-26-15-8-9-17-20(10-15)27-12-18(22(17)24)16-6-4-5-7-19(16)25-3/h4-10,12,14H,11,13H2,1-3H3. The number of methoxy groups -OCH3 is 1. The Balaban J connectivity index is 1.83. The smallest absolute Gasteiger partial charge is 0.344 e. The molecule has 0 saturated heterocycles. The van der Waals surface area contributed by atoms with Gasteiger partial charge in [0.25, 0.3) is 0 Å². The van der Waals surface area contributed by atoms with Crippen molar-refractivity contribution in [2.24, 2.45) is 5.92 Å². The lowest BCUT2D eigenvalue weighted by Gasteiger charge is -2.10. The van der Waals surface area contributed by atoms with Crippen molar-refractivity contribution in [2.45, 2.75) is 13.8 Å². The number of carbonyl (C=O) groups is 1. The average molecular weight is 382 g/mol. The second kappa shape index (κ2) is 8.61. The Morgan fingerprint density at radius 2 is 1.89 bits per heavy atom. The molecule has 0 aliphatic carbocycles. The fraction of sp³-hybridized carbons (Fsp3) is 0.273. The highest BCUT2D eigenvalue weighted by molar-refractivity contribution is 5.84. The van der Waals surface area contributed by atoms with Crippen LogP contribution in [0, 0.1) is 5.92 Å². The second-order valence-electron chi connectivity index (χ2n) is 6.70. The SMILES string of the molecule is COc1ccccc1-c1coc2cc(OCC(=O)OCC(C)C)ccc2c1=O. The molecule has 6 heteroatoms. The highest BCUT2D eigenvalue weighted by Crippen LogP contribution is 2.29. The van der Waals surface area contributed by atoms with E-state index in [1.54, 1.807) is 37.4 Å². The number of ether oxygens (including phenoxy) is 3. The molecule has 2 aromatic carbocycles. The molecule has 0 fully saturated rings. The first kappa shape index (κ1) is 19.5. The lowest BCUT2D eigenvalue weighted by atomic mass is 10.0. The number of para-hydroxylation sites is 1. The Bertz CT molecular complexity index is 1030. The minimum absolute atomic E-state index is 0.173. The van der Waals surface area contributed by atoms with Gasteiger partial charge in [-0.25, -0.2) is 4.79 Å². The highest BCUT2D eigenvalue weighted by atomic mass is 16.6. The van der Waals surface area contributed by atoms with Crippen LogP contribution < -0.4 is 14.9 Å². The van der Waals surface area contributed by atoms with E-state index in [0.29, 0.717) is 40.2 Å². The molecule has 1 heterocycles. The van der Waals surface area contributed by atoms with E-state index < -0.39 is 5.97 Å². The fourth-order valence-electron chi connectivity index (χ4n) is 2.70. The van der Waals surface area contributed by atoms with Gasteiger partial charge >= 0.3 is 5.97 Å². The molecule has 0 aliphatic heterocycles. The molecule has 0 amide bonds. The molecule has 1 aromatic heterocycles. The van der Waals surface area contributed by atoms with Crippen molar-refractivity contribution in [1.82, 2.24) is 0 Å². The summed E-state index contributed by atoms with van der Waals surface area (Å²) in [5.41, 5.74) is 1.27. The zero-order valence-electron chi connectivity index (χ0n) is 16.1. The van der Waals surface area contributed by atoms with E-state index in [1.807, 2.05) is 26.0 Å². The first-order valence-electron chi connectivity index (χ1n) is 8.97. The van der Waals surface area contributed by atoms with E-state index in [1.165, 1.54) is 6.26 Å². The van der Waals surface area contributed by atoms with Gasteiger partial charge in [-0.3, -0.25) is 4.79 Å². The average Bonchev–Trinajstić information content (AvgIpc) is 2.71. The van der Waals surface area contributed by atoms with E-state index in [-0.39, 0.29) is 18.0 Å². The van der Waals surface area contributed by atoms with E-state index in [4.69, 9.17) is 18.6 Å². The molecular formula is C22H22O6. The predicted molar refractivity (Wildman–Crippen MR) is 106 cm³/mol. The summed E-state index contributed by atoms with van der Waals surface area (Å²) in [6.45, 7) is 4.06. The maximum absolute atomic E-state index is 12.9. The minimum Gasteiger partial charge on any atom is -0.496 e. The van der Waals surface area contributed by atoms with Gasteiger partial charge in [0.2, 0.25) is 5.43 Å². The lowest BCUT2D eigenvalue weighted by molar-refractivity contribution is -0.147. The summed E-state index contributed by atoms with van der Waals surface area (Å²) in [6.07, 6.45) is 1.41. The molecule has 146 valence electrons. The largest absolute Gasteiger partial charge is 0.496 e. The predicted octanol–water partition coefficient (Wildman–Crippen LogP) is 4.05. The van der Waals surface area contributed by atoms with Gasteiger partial charge in [-0.1, -0.05) is 32.0 Å². The van der Waals surface area contributed by atoms with E-state index >= 15 is 0 Å². The minimum atomic E-state index is -0.443. The summed E-state index contributed by atoms with van der Waals surface area (Å²) in [4.78, 5) is 24.6. The van der Waals surface area contributed by atoms with E-state index in [2.05, 4.69) is 0 Å². The Hall–Kier alpha value is -3.28.